The largest absolute Gasteiger partial charge is 0.448 e. The maximum Gasteiger partial charge on any atom is 0.295 e. The second-order valence-electron chi connectivity index (χ2n) is 6.89. The van der Waals surface area contributed by atoms with E-state index in [1.54, 1.807) is 6.92 Å². The summed E-state index contributed by atoms with van der Waals surface area (Å²) in [6.07, 6.45) is 1.42. The van der Waals surface area contributed by atoms with Crippen molar-refractivity contribution >= 4 is 17.0 Å². The van der Waals surface area contributed by atoms with E-state index in [1.165, 1.54) is 16.8 Å². The van der Waals surface area contributed by atoms with Crippen LogP contribution in [0.15, 0.2) is 35.3 Å². The highest BCUT2D eigenvalue weighted by atomic mass is 19.1. The van der Waals surface area contributed by atoms with Gasteiger partial charge in [0.1, 0.15) is 11.5 Å². The third-order valence-electron chi connectivity index (χ3n) is 4.86. The number of aromatic nitrogens is 3. The number of aliphatic hydroxyl groups excluding tert-OH is 1. The lowest BCUT2D eigenvalue weighted by molar-refractivity contribution is -0.0136. The van der Waals surface area contributed by atoms with Crippen molar-refractivity contribution in [3.63, 3.8) is 0 Å². The molecule has 8 nitrogen and oxygen atoms in total. The number of rotatable bonds is 5. The van der Waals surface area contributed by atoms with Gasteiger partial charge in [0, 0.05) is 30.8 Å². The SMILES string of the molecule is CCn1c(=O)c(Oc2ccc(F)cc2F)cc2cnc(N[C@@H]3CCOC[C@H]3O)nc21. The highest BCUT2D eigenvalue weighted by Crippen LogP contribution is 2.25. The zero-order valence-corrected chi connectivity index (χ0v) is 16.1. The van der Waals surface area contributed by atoms with Crippen LogP contribution < -0.4 is 15.6 Å². The number of aryl methyl sites for hydroxylation is 1. The Labute approximate surface area is 170 Å². The van der Waals surface area contributed by atoms with Gasteiger partial charge in [0.05, 0.1) is 18.8 Å². The van der Waals surface area contributed by atoms with Crippen LogP contribution in [-0.4, -0.2) is 45.0 Å². The normalized spacial score (nSPS) is 19.1. The van der Waals surface area contributed by atoms with Gasteiger partial charge < -0.3 is 19.9 Å². The minimum Gasteiger partial charge on any atom is -0.448 e. The molecule has 1 aliphatic rings. The van der Waals surface area contributed by atoms with E-state index in [1.807, 2.05) is 0 Å². The maximum absolute atomic E-state index is 13.9. The van der Waals surface area contributed by atoms with Crippen molar-refractivity contribution in [3.8, 4) is 11.5 Å². The smallest absolute Gasteiger partial charge is 0.295 e. The van der Waals surface area contributed by atoms with E-state index in [0.717, 1.165) is 12.1 Å². The predicted octanol–water partition coefficient (Wildman–Crippen LogP) is 2.44. The summed E-state index contributed by atoms with van der Waals surface area (Å²) in [5, 5.41) is 13.6. The van der Waals surface area contributed by atoms with E-state index in [-0.39, 0.29) is 36.6 Å². The number of hydrogen-bond donors (Lipinski definition) is 2. The van der Waals surface area contributed by atoms with Crippen molar-refractivity contribution in [2.45, 2.75) is 32.0 Å². The molecule has 3 aromatic rings. The van der Waals surface area contributed by atoms with Crippen LogP contribution in [0.3, 0.4) is 0 Å². The predicted molar refractivity (Wildman–Crippen MR) is 105 cm³/mol. The van der Waals surface area contributed by atoms with Gasteiger partial charge in [-0.3, -0.25) is 9.36 Å². The summed E-state index contributed by atoms with van der Waals surface area (Å²) in [5.41, 5.74) is -0.141. The summed E-state index contributed by atoms with van der Waals surface area (Å²) in [6, 6.07) is 4.00. The summed E-state index contributed by atoms with van der Waals surface area (Å²) >= 11 is 0. The van der Waals surface area contributed by atoms with E-state index in [2.05, 4.69) is 15.3 Å². The third kappa shape index (κ3) is 3.96. The lowest BCUT2D eigenvalue weighted by Crippen LogP contribution is -2.42. The van der Waals surface area contributed by atoms with Crippen molar-refractivity contribution in [3.05, 3.63) is 52.5 Å². The molecule has 0 radical (unpaired) electrons. The Morgan fingerprint density at radius 2 is 2.17 bits per heavy atom. The first-order chi connectivity index (χ1) is 14.5. The molecule has 1 fully saturated rings. The topological polar surface area (TPSA) is 98.5 Å². The molecular weight excluding hydrogens is 398 g/mol. The fourth-order valence-corrected chi connectivity index (χ4v) is 3.30. The van der Waals surface area contributed by atoms with Crippen LogP contribution in [0.5, 0.6) is 11.5 Å². The van der Waals surface area contributed by atoms with Crippen LogP contribution in [0.25, 0.3) is 11.0 Å². The number of pyridine rings is 1. The fourth-order valence-electron chi connectivity index (χ4n) is 3.30. The monoisotopic (exact) mass is 418 g/mol. The van der Waals surface area contributed by atoms with Crippen molar-refractivity contribution in [2.24, 2.45) is 0 Å². The summed E-state index contributed by atoms with van der Waals surface area (Å²) in [4.78, 5) is 21.5. The Balaban J connectivity index is 1.69. The molecule has 0 unspecified atom stereocenters. The molecule has 0 spiro atoms. The van der Waals surface area contributed by atoms with Crippen LogP contribution in [0.1, 0.15) is 13.3 Å². The summed E-state index contributed by atoms with van der Waals surface area (Å²) in [7, 11) is 0. The van der Waals surface area contributed by atoms with E-state index in [9.17, 15) is 18.7 Å². The minimum atomic E-state index is -0.914. The van der Waals surface area contributed by atoms with Gasteiger partial charge in [0.15, 0.2) is 17.3 Å². The fraction of sp³-hybridized carbons (Fsp3) is 0.350. The molecule has 1 aliphatic heterocycles. The second-order valence-corrected chi connectivity index (χ2v) is 6.89. The molecule has 1 saturated heterocycles. The lowest BCUT2D eigenvalue weighted by atomic mass is 10.1. The molecule has 4 rings (SSSR count). The van der Waals surface area contributed by atoms with Crippen molar-refractivity contribution in [2.75, 3.05) is 18.5 Å². The zero-order valence-electron chi connectivity index (χ0n) is 16.1. The Morgan fingerprint density at radius 3 is 2.90 bits per heavy atom. The molecule has 30 heavy (non-hydrogen) atoms. The molecule has 0 amide bonds. The number of fused-ring (bicyclic) bond motifs is 1. The quantitative estimate of drug-likeness (QED) is 0.657. The Kier molecular flexibility index (Phi) is 5.60. The van der Waals surface area contributed by atoms with Crippen LogP contribution in [0.4, 0.5) is 14.7 Å². The molecule has 1 aromatic carbocycles. The lowest BCUT2D eigenvalue weighted by Gasteiger charge is -2.28. The highest BCUT2D eigenvalue weighted by molar-refractivity contribution is 5.77. The maximum atomic E-state index is 13.9. The third-order valence-corrected chi connectivity index (χ3v) is 4.86. The number of nitrogens with zero attached hydrogens (tertiary/aromatic N) is 3. The van der Waals surface area contributed by atoms with Gasteiger partial charge >= 0.3 is 0 Å². The number of anilines is 1. The average molecular weight is 418 g/mol. The van der Waals surface area contributed by atoms with E-state index < -0.39 is 23.3 Å². The number of aliphatic hydroxyl groups is 1. The summed E-state index contributed by atoms with van der Waals surface area (Å²) < 4.78 is 39.1. The second kappa shape index (κ2) is 8.33. The molecule has 2 N–H and O–H groups in total. The Morgan fingerprint density at radius 1 is 1.33 bits per heavy atom. The first-order valence-corrected chi connectivity index (χ1v) is 9.52. The van der Waals surface area contributed by atoms with Crippen molar-refractivity contribution < 1.29 is 23.4 Å². The van der Waals surface area contributed by atoms with Gasteiger partial charge in [-0.1, -0.05) is 0 Å². The zero-order chi connectivity index (χ0) is 21.3. The number of halogens is 2. The number of nitrogens with one attached hydrogen (secondary N) is 1. The van der Waals surface area contributed by atoms with Crippen LogP contribution in [-0.2, 0) is 11.3 Å². The molecule has 158 valence electrons. The van der Waals surface area contributed by atoms with Crippen molar-refractivity contribution in [1.29, 1.82) is 0 Å². The van der Waals surface area contributed by atoms with Gasteiger partial charge in [0.2, 0.25) is 5.95 Å². The number of hydrogen-bond acceptors (Lipinski definition) is 7. The van der Waals surface area contributed by atoms with Gasteiger partial charge in [-0.15, -0.1) is 0 Å². The summed E-state index contributed by atoms with van der Waals surface area (Å²) in [6.45, 7) is 2.80. The van der Waals surface area contributed by atoms with Crippen molar-refractivity contribution in [1.82, 2.24) is 14.5 Å². The van der Waals surface area contributed by atoms with Gasteiger partial charge in [-0.25, -0.2) is 13.8 Å². The molecule has 0 aliphatic carbocycles. The van der Waals surface area contributed by atoms with Gasteiger partial charge in [0.25, 0.3) is 5.56 Å². The number of benzene rings is 1. The van der Waals surface area contributed by atoms with E-state index in [4.69, 9.17) is 9.47 Å². The van der Waals surface area contributed by atoms with Crippen LogP contribution >= 0.6 is 0 Å². The van der Waals surface area contributed by atoms with Crippen LogP contribution in [0, 0.1) is 11.6 Å². The highest BCUT2D eigenvalue weighted by Gasteiger charge is 2.24. The molecule has 3 heterocycles. The standard InChI is InChI=1S/C20H20F2N4O4/c1-2-26-18-11(9-23-20(25-18)24-14-5-6-29-10-15(14)27)7-17(19(26)28)30-16-4-3-12(21)8-13(16)22/h3-4,7-9,14-15,27H,2,5-6,10H2,1H3,(H,23,24,25)/t14-,15-/m1/s1. The molecular formula is C20H20F2N4O4. The van der Waals surface area contributed by atoms with Gasteiger partial charge in [-0.2, -0.15) is 4.98 Å². The first-order valence-electron chi connectivity index (χ1n) is 9.52. The molecule has 0 saturated carbocycles. The molecule has 0 bridgehead atoms. The molecule has 2 atom stereocenters. The number of ether oxygens (including phenoxy) is 2. The van der Waals surface area contributed by atoms with E-state index in [0.29, 0.717) is 30.1 Å². The molecule has 2 aromatic heterocycles. The Bertz CT molecular complexity index is 1140. The van der Waals surface area contributed by atoms with Gasteiger partial charge in [-0.05, 0) is 31.5 Å². The van der Waals surface area contributed by atoms with Crippen LogP contribution in [0.2, 0.25) is 0 Å². The average Bonchev–Trinajstić information content (AvgIpc) is 2.72. The summed E-state index contributed by atoms with van der Waals surface area (Å²) in [5.74, 6) is -1.77. The Hall–Kier alpha value is -3.11. The first kappa shape index (κ1) is 20.2. The minimum absolute atomic E-state index is 0.126. The molecule has 10 heteroatoms. The van der Waals surface area contributed by atoms with E-state index >= 15 is 0 Å².